The third-order valence-corrected chi connectivity index (χ3v) is 5.18. The van der Waals surface area contributed by atoms with Crippen molar-refractivity contribution < 1.29 is 9.59 Å². The summed E-state index contributed by atoms with van der Waals surface area (Å²) in [5.41, 5.74) is 3.82. The lowest BCUT2D eigenvalue weighted by Crippen LogP contribution is -2.70. The lowest BCUT2D eigenvalue weighted by Gasteiger charge is -2.46. The maximum Gasteiger partial charge on any atom is 0.246 e. The van der Waals surface area contributed by atoms with Gasteiger partial charge < -0.3 is 10.2 Å². The first kappa shape index (κ1) is 17.0. The average molecular weight is 329 g/mol. The van der Waals surface area contributed by atoms with E-state index in [2.05, 4.69) is 42.3 Å². The van der Waals surface area contributed by atoms with Crippen LogP contribution in [0.5, 0.6) is 0 Å². The van der Waals surface area contributed by atoms with E-state index in [4.69, 9.17) is 0 Å². The number of nitrogens with one attached hydrogen (secondary N) is 1. The van der Waals surface area contributed by atoms with Crippen LogP contribution in [-0.2, 0) is 16.1 Å². The fraction of sp³-hybridized carbons (Fsp3) is 0.579. The Balaban J connectivity index is 1.72. The van der Waals surface area contributed by atoms with Gasteiger partial charge in [0.25, 0.3) is 0 Å². The van der Waals surface area contributed by atoms with Crippen molar-refractivity contribution in [2.24, 2.45) is 5.92 Å². The molecule has 0 unspecified atom stereocenters. The maximum absolute atomic E-state index is 12.6. The number of nitrogens with zero attached hydrogens (tertiary/aromatic N) is 2. The van der Waals surface area contributed by atoms with E-state index >= 15 is 0 Å². The Kier molecular flexibility index (Phi) is 4.63. The molecule has 5 heteroatoms. The summed E-state index contributed by atoms with van der Waals surface area (Å²) < 4.78 is 0. The van der Waals surface area contributed by atoms with Gasteiger partial charge in [0.15, 0.2) is 0 Å². The summed E-state index contributed by atoms with van der Waals surface area (Å²) >= 11 is 0. The minimum atomic E-state index is -0.376. The van der Waals surface area contributed by atoms with E-state index < -0.39 is 0 Å². The van der Waals surface area contributed by atoms with Crippen molar-refractivity contribution in [2.45, 2.75) is 46.3 Å². The van der Waals surface area contributed by atoms with E-state index in [0.29, 0.717) is 13.1 Å². The lowest BCUT2D eigenvalue weighted by atomic mass is 9.96. The number of fused-ring (bicyclic) bond motifs is 1. The molecule has 2 amide bonds. The number of rotatable bonds is 3. The SMILES string of the molecule is Cc1ccc(C)c(CN2CCN3C(=O)[C@H](C(C)C)NC(=O)[C@H]3C2)c1. The third kappa shape index (κ3) is 3.18. The number of hydrogen-bond acceptors (Lipinski definition) is 3. The summed E-state index contributed by atoms with van der Waals surface area (Å²) in [7, 11) is 0. The van der Waals surface area contributed by atoms with E-state index in [1.54, 1.807) is 4.90 Å². The lowest BCUT2D eigenvalue weighted by molar-refractivity contribution is -0.154. The zero-order valence-electron chi connectivity index (χ0n) is 15.0. The molecule has 3 rings (SSSR count). The molecule has 2 fully saturated rings. The minimum absolute atomic E-state index is 0.0148. The van der Waals surface area contributed by atoms with Gasteiger partial charge in [0.05, 0.1) is 0 Å². The Morgan fingerprint density at radius 3 is 2.67 bits per heavy atom. The molecule has 0 saturated carbocycles. The summed E-state index contributed by atoms with van der Waals surface area (Å²) in [6.45, 7) is 11.0. The number of carbonyl (C=O) groups is 2. The summed E-state index contributed by atoms with van der Waals surface area (Å²) in [6, 6.07) is 5.75. The highest BCUT2D eigenvalue weighted by atomic mass is 16.2. The van der Waals surface area contributed by atoms with E-state index in [0.717, 1.165) is 13.1 Å². The Morgan fingerprint density at radius 1 is 1.21 bits per heavy atom. The number of benzene rings is 1. The molecule has 2 atom stereocenters. The van der Waals surface area contributed by atoms with Crippen LogP contribution < -0.4 is 5.32 Å². The first-order chi connectivity index (χ1) is 11.4. The molecule has 0 spiro atoms. The largest absolute Gasteiger partial charge is 0.342 e. The van der Waals surface area contributed by atoms with Gasteiger partial charge in [0, 0.05) is 26.2 Å². The Morgan fingerprint density at radius 2 is 1.96 bits per heavy atom. The van der Waals surface area contributed by atoms with Crippen molar-refractivity contribution in [3.8, 4) is 0 Å². The van der Waals surface area contributed by atoms with Crippen LogP contribution in [0.15, 0.2) is 18.2 Å². The second-order valence-corrected chi connectivity index (χ2v) is 7.44. The standard InChI is InChI=1S/C19H27N3O2/c1-12(2)17-19(24)22-8-7-21(11-16(22)18(23)20-17)10-15-9-13(3)5-6-14(15)4/h5-6,9,12,16-17H,7-8,10-11H2,1-4H3,(H,20,23)/t16-,17+/m1/s1. The highest BCUT2D eigenvalue weighted by Gasteiger charge is 2.44. The van der Waals surface area contributed by atoms with E-state index in [9.17, 15) is 9.59 Å². The molecule has 5 nitrogen and oxygen atoms in total. The monoisotopic (exact) mass is 329 g/mol. The Hall–Kier alpha value is -1.88. The molecule has 1 aromatic rings. The molecule has 130 valence electrons. The van der Waals surface area contributed by atoms with E-state index in [-0.39, 0.29) is 29.8 Å². The topological polar surface area (TPSA) is 52.6 Å². The van der Waals surface area contributed by atoms with Crippen molar-refractivity contribution >= 4 is 11.8 Å². The maximum atomic E-state index is 12.6. The van der Waals surface area contributed by atoms with Crippen molar-refractivity contribution in [3.05, 3.63) is 34.9 Å². The molecule has 1 aromatic carbocycles. The van der Waals surface area contributed by atoms with Crippen molar-refractivity contribution in [1.29, 1.82) is 0 Å². The van der Waals surface area contributed by atoms with Crippen LogP contribution in [0.4, 0.5) is 0 Å². The Bertz CT molecular complexity index is 656. The first-order valence-electron chi connectivity index (χ1n) is 8.76. The molecule has 0 aromatic heterocycles. The van der Waals surface area contributed by atoms with Crippen molar-refractivity contribution in [1.82, 2.24) is 15.1 Å². The zero-order chi connectivity index (χ0) is 17.4. The molecule has 2 heterocycles. The van der Waals surface area contributed by atoms with E-state index in [1.165, 1.54) is 16.7 Å². The van der Waals surface area contributed by atoms with E-state index in [1.807, 2.05) is 13.8 Å². The van der Waals surface area contributed by atoms with Gasteiger partial charge in [-0.3, -0.25) is 14.5 Å². The second kappa shape index (κ2) is 6.55. The fourth-order valence-corrected chi connectivity index (χ4v) is 3.62. The van der Waals surface area contributed by atoms with Gasteiger partial charge in [-0.1, -0.05) is 37.6 Å². The predicted molar refractivity (Wildman–Crippen MR) is 93.5 cm³/mol. The predicted octanol–water partition coefficient (Wildman–Crippen LogP) is 1.47. The van der Waals surface area contributed by atoms with Crippen molar-refractivity contribution in [3.63, 3.8) is 0 Å². The summed E-state index contributed by atoms with van der Waals surface area (Å²) in [5.74, 6) is 0.176. The highest BCUT2D eigenvalue weighted by molar-refractivity contribution is 5.97. The molecular weight excluding hydrogens is 302 g/mol. The molecule has 2 saturated heterocycles. The molecule has 0 bridgehead atoms. The quantitative estimate of drug-likeness (QED) is 0.914. The minimum Gasteiger partial charge on any atom is -0.342 e. The average Bonchev–Trinajstić information content (AvgIpc) is 2.54. The molecule has 0 radical (unpaired) electrons. The normalized spacial score (nSPS) is 25.0. The summed E-state index contributed by atoms with van der Waals surface area (Å²) in [6.07, 6.45) is 0. The third-order valence-electron chi connectivity index (χ3n) is 5.18. The first-order valence-corrected chi connectivity index (χ1v) is 8.76. The van der Waals surface area contributed by atoms with Gasteiger partial charge in [-0.2, -0.15) is 0 Å². The van der Waals surface area contributed by atoms with Gasteiger partial charge in [0.1, 0.15) is 12.1 Å². The smallest absolute Gasteiger partial charge is 0.246 e. The van der Waals surface area contributed by atoms with Gasteiger partial charge in [-0.15, -0.1) is 0 Å². The molecule has 24 heavy (non-hydrogen) atoms. The van der Waals surface area contributed by atoms with Crippen LogP contribution in [0.1, 0.15) is 30.5 Å². The van der Waals surface area contributed by atoms with Crippen LogP contribution in [0, 0.1) is 19.8 Å². The molecule has 2 aliphatic rings. The van der Waals surface area contributed by atoms with Gasteiger partial charge in [-0.05, 0) is 30.9 Å². The van der Waals surface area contributed by atoms with Gasteiger partial charge in [0.2, 0.25) is 11.8 Å². The number of hydrogen-bond donors (Lipinski definition) is 1. The van der Waals surface area contributed by atoms with Gasteiger partial charge >= 0.3 is 0 Å². The van der Waals surface area contributed by atoms with Crippen LogP contribution in [0.25, 0.3) is 0 Å². The number of aryl methyl sites for hydroxylation is 2. The van der Waals surface area contributed by atoms with Crippen molar-refractivity contribution in [2.75, 3.05) is 19.6 Å². The second-order valence-electron chi connectivity index (χ2n) is 7.44. The van der Waals surface area contributed by atoms with Crippen LogP contribution in [0.2, 0.25) is 0 Å². The van der Waals surface area contributed by atoms with Gasteiger partial charge in [-0.25, -0.2) is 0 Å². The summed E-state index contributed by atoms with van der Waals surface area (Å²) in [4.78, 5) is 29.1. The summed E-state index contributed by atoms with van der Waals surface area (Å²) in [5, 5.41) is 2.91. The molecule has 2 aliphatic heterocycles. The molecule has 1 N–H and O–H groups in total. The van der Waals surface area contributed by atoms with Crippen LogP contribution in [-0.4, -0.2) is 53.3 Å². The van der Waals surface area contributed by atoms with Crippen LogP contribution in [0.3, 0.4) is 0 Å². The molecular formula is C19H27N3O2. The fourth-order valence-electron chi connectivity index (χ4n) is 3.62. The number of amides is 2. The number of piperazine rings is 2. The number of carbonyl (C=O) groups excluding carboxylic acids is 2. The highest BCUT2D eigenvalue weighted by Crippen LogP contribution is 2.21. The zero-order valence-corrected chi connectivity index (χ0v) is 15.0. The molecule has 0 aliphatic carbocycles. The van der Waals surface area contributed by atoms with Crippen LogP contribution >= 0.6 is 0 Å². The Labute approximate surface area is 144 Å².